The highest BCUT2D eigenvalue weighted by Crippen LogP contribution is 2.46. The summed E-state index contributed by atoms with van der Waals surface area (Å²) in [6.45, 7) is 7.98. The molecular weight excluding hydrogens is 965 g/mol. The highest BCUT2D eigenvalue weighted by Gasteiger charge is 2.38. The number of nitrogens with one attached hydrogen (secondary N) is 1. The van der Waals surface area contributed by atoms with E-state index in [0.29, 0.717) is 52.3 Å². The molecule has 0 unspecified atom stereocenters. The van der Waals surface area contributed by atoms with Gasteiger partial charge in [-0.05, 0) is 75.8 Å². The van der Waals surface area contributed by atoms with Crippen molar-refractivity contribution in [3.05, 3.63) is 155 Å². The van der Waals surface area contributed by atoms with Crippen molar-refractivity contribution in [2.24, 2.45) is 17.8 Å². The maximum Gasteiger partial charge on any atom is 0.409 e. The van der Waals surface area contributed by atoms with E-state index in [1.807, 2.05) is 92.7 Å². The zero-order valence-electron chi connectivity index (χ0n) is 43.8. The number of rotatable bonds is 15. The fourth-order valence-corrected chi connectivity index (χ4v) is 11.1. The van der Waals surface area contributed by atoms with Crippen molar-refractivity contribution in [2.45, 2.75) is 89.1 Å². The molecule has 3 aliphatic heterocycles. The van der Waals surface area contributed by atoms with Gasteiger partial charge < -0.3 is 54.7 Å². The number of alkyl carbamates (subject to hydrolysis) is 1. The first kappa shape index (κ1) is 55.5. The molecule has 3 saturated heterocycles. The van der Waals surface area contributed by atoms with Crippen LogP contribution in [0.5, 0.6) is 0 Å². The van der Waals surface area contributed by atoms with E-state index >= 15 is 0 Å². The van der Waals surface area contributed by atoms with Gasteiger partial charge in [-0.1, -0.05) is 148 Å². The van der Waals surface area contributed by atoms with Crippen LogP contribution in [0.2, 0.25) is 0 Å². The summed E-state index contributed by atoms with van der Waals surface area (Å²) in [6, 6.07) is 42.6. The molecule has 404 valence electrons. The molecule has 3 heterocycles. The van der Waals surface area contributed by atoms with Crippen molar-refractivity contribution in [2.75, 3.05) is 65.6 Å². The summed E-state index contributed by atoms with van der Waals surface area (Å²) in [5.41, 5.74) is 10.6. The predicted octanol–water partition coefficient (Wildman–Crippen LogP) is 8.56. The number of aliphatic hydroxyl groups excluding tert-OH is 4. The number of hydrogen-bond donors (Lipinski definition) is 5. The summed E-state index contributed by atoms with van der Waals surface area (Å²) < 4.78 is 16.3. The number of β-amino-alcohol motifs (C(OH)–C–C–N with tert-alkyl or cyclic N) is 3. The van der Waals surface area contributed by atoms with Crippen molar-refractivity contribution < 1.29 is 53.8 Å². The van der Waals surface area contributed by atoms with Gasteiger partial charge in [-0.3, -0.25) is 4.79 Å². The van der Waals surface area contributed by atoms with Gasteiger partial charge in [0.1, 0.15) is 19.8 Å². The van der Waals surface area contributed by atoms with Crippen LogP contribution >= 0.6 is 0 Å². The van der Waals surface area contributed by atoms with Crippen LogP contribution < -0.4 is 5.32 Å². The third-order valence-electron chi connectivity index (χ3n) is 15.6. The molecular formula is C61H74N4O11. The maximum absolute atomic E-state index is 12.4. The van der Waals surface area contributed by atoms with Crippen LogP contribution in [-0.2, 0) is 25.6 Å². The summed E-state index contributed by atoms with van der Waals surface area (Å²) in [5, 5.41) is 41.7. The Bertz CT molecular complexity index is 2500. The van der Waals surface area contributed by atoms with Crippen LogP contribution in [0.3, 0.4) is 0 Å². The Labute approximate surface area is 446 Å². The largest absolute Gasteiger partial charge is 0.448 e. The van der Waals surface area contributed by atoms with Gasteiger partial charge in [0.25, 0.3) is 0 Å². The molecule has 2 aliphatic carbocycles. The molecule has 15 heteroatoms. The first-order chi connectivity index (χ1) is 37.0. The van der Waals surface area contributed by atoms with Crippen molar-refractivity contribution in [1.29, 1.82) is 0 Å². The molecule has 0 saturated carbocycles. The third-order valence-corrected chi connectivity index (χ3v) is 15.6. The first-order valence-corrected chi connectivity index (χ1v) is 27.0. The lowest BCUT2D eigenvalue weighted by Gasteiger charge is -2.19. The predicted molar refractivity (Wildman–Crippen MR) is 289 cm³/mol. The second-order valence-corrected chi connectivity index (χ2v) is 20.5. The SMILES string of the molecule is CC[C@H]1CN(C(=O)CCCCCNC(=O)OCc2ccccc2)C[C@@H]1O.CC[C@H]1CN(C(=O)OCC2c3ccccc3-c3ccccc32)C[C@@H]1O.O=C(OCC1c2ccccc2-c2ccccc21)N1C[C@H](CO)[C@@H](O)C1. The second kappa shape index (κ2) is 26.8. The van der Waals surface area contributed by atoms with Crippen LogP contribution in [0.15, 0.2) is 127 Å². The van der Waals surface area contributed by atoms with E-state index in [-0.39, 0.29) is 74.1 Å². The molecule has 3 fully saturated rings. The number of carbonyl (C=O) groups excluding carboxylic acids is 4. The number of amides is 4. The topological polar surface area (TPSA) is 199 Å². The maximum atomic E-state index is 12.4. The number of carbonyl (C=O) groups is 4. The highest BCUT2D eigenvalue weighted by atomic mass is 16.6. The fraction of sp³-hybridized carbons (Fsp3) is 0.443. The quantitative estimate of drug-likeness (QED) is 0.0498. The zero-order valence-corrected chi connectivity index (χ0v) is 43.8. The Balaban J connectivity index is 0.000000151. The average Bonchev–Trinajstić information content (AvgIpc) is 4.28. The van der Waals surface area contributed by atoms with Gasteiger partial charge in [0.2, 0.25) is 5.91 Å². The Kier molecular flexibility index (Phi) is 19.6. The highest BCUT2D eigenvalue weighted by molar-refractivity contribution is 5.80. The van der Waals surface area contributed by atoms with Gasteiger partial charge in [0.05, 0.1) is 38.0 Å². The fourth-order valence-electron chi connectivity index (χ4n) is 11.1. The molecule has 5 aromatic carbocycles. The molecule has 76 heavy (non-hydrogen) atoms. The van der Waals surface area contributed by atoms with Crippen LogP contribution in [0.1, 0.15) is 92.0 Å². The standard InChI is InChI=1S/C21H23NO3.C20H30N2O4.C20H21NO4/c1-2-14-11-22(12-20(14)23)21(24)25-13-19-17-9-5-3-7-15(17)16-8-4-6-10-18(16)19;1-2-17-13-22(14-18(17)23)19(24)11-7-4-8-12-21-20(25)26-15-16-9-5-3-6-10-16;22-11-13-9-21(10-19(13)23)20(24)25-12-18-16-7-3-1-5-14(16)15-6-2-4-8-17(15)18/h3-10,14,19-20,23H,2,11-13H2,1H3;3,5-6,9-10,17-18,23H,2,4,7-8,11-15H2,1H3,(H,21,25);1-8,13,18-19,22-23H,9-12H2/t14-,20-;17-,18-;13-,19+/m001/s1. The molecule has 10 rings (SSSR count). The van der Waals surface area contributed by atoms with Gasteiger partial charge in [-0.15, -0.1) is 0 Å². The van der Waals surface area contributed by atoms with Gasteiger partial charge in [0, 0.05) is 68.7 Å². The van der Waals surface area contributed by atoms with Gasteiger partial charge in [0.15, 0.2) is 0 Å². The Hall–Kier alpha value is -6.78. The molecule has 4 amide bonds. The van der Waals surface area contributed by atoms with Crippen molar-refractivity contribution >= 4 is 24.2 Å². The summed E-state index contributed by atoms with van der Waals surface area (Å²) in [6.07, 6.45) is 2.07. The molecule has 15 nitrogen and oxygen atoms in total. The molecule has 0 spiro atoms. The number of benzene rings is 5. The number of unbranched alkanes of at least 4 members (excludes halogenated alkanes) is 2. The van der Waals surface area contributed by atoms with Gasteiger partial charge in [-0.2, -0.15) is 0 Å². The minimum atomic E-state index is -0.689. The van der Waals surface area contributed by atoms with Crippen molar-refractivity contribution in [3.63, 3.8) is 0 Å². The zero-order chi connectivity index (χ0) is 53.6. The minimum Gasteiger partial charge on any atom is -0.448 e. The van der Waals surface area contributed by atoms with E-state index in [1.54, 1.807) is 9.80 Å². The average molecular weight is 1040 g/mol. The Morgan fingerprint density at radius 2 is 0.908 bits per heavy atom. The lowest BCUT2D eigenvalue weighted by molar-refractivity contribution is -0.130. The smallest absolute Gasteiger partial charge is 0.409 e. The van der Waals surface area contributed by atoms with Crippen LogP contribution in [0.4, 0.5) is 14.4 Å². The van der Waals surface area contributed by atoms with E-state index in [0.717, 1.165) is 37.7 Å². The number of fused-ring (bicyclic) bond motifs is 6. The second-order valence-electron chi connectivity index (χ2n) is 20.5. The molecule has 0 bridgehead atoms. The first-order valence-electron chi connectivity index (χ1n) is 27.0. The van der Waals surface area contributed by atoms with E-state index in [2.05, 4.69) is 53.8 Å². The number of hydrogen-bond acceptors (Lipinski definition) is 11. The summed E-state index contributed by atoms with van der Waals surface area (Å²) in [5.74, 6) is 0.296. The molecule has 0 radical (unpaired) electrons. The van der Waals surface area contributed by atoms with Gasteiger partial charge in [-0.25, -0.2) is 14.4 Å². The summed E-state index contributed by atoms with van der Waals surface area (Å²) >= 11 is 0. The Morgan fingerprint density at radius 1 is 0.500 bits per heavy atom. The van der Waals surface area contributed by atoms with E-state index in [9.17, 15) is 39.6 Å². The van der Waals surface area contributed by atoms with Crippen LogP contribution in [0.25, 0.3) is 22.3 Å². The number of nitrogens with zero attached hydrogens (tertiary/aromatic N) is 3. The number of aliphatic hydroxyl groups is 4. The van der Waals surface area contributed by atoms with E-state index < -0.39 is 24.4 Å². The summed E-state index contributed by atoms with van der Waals surface area (Å²) in [7, 11) is 0. The minimum absolute atomic E-state index is 0.0255. The van der Waals surface area contributed by atoms with Crippen molar-refractivity contribution in [1.82, 2.24) is 20.0 Å². The van der Waals surface area contributed by atoms with Gasteiger partial charge >= 0.3 is 18.3 Å². The third kappa shape index (κ3) is 13.6. The molecule has 0 aromatic heterocycles. The molecule has 5 aromatic rings. The summed E-state index contributed by atoms with van der Waals surface area (Å²) in [4.78, 5) is 53.4. The molecule has 6 atom stereocenters. The lowest BCUT2D eigenvalue weighted by atomic mass is 9.98. The monoisotopic (exact) mass is 1040 g/mol. The molecule has 5 aliphatic rings. The normalized spacial score (nSPS) is 21.1. The Morgan fingerprint density at radius 3 is 1.34 bits per heavy atom. The number of likely N-dealkylation sites (tertiary alicyclic amines) is 3. The molecule has 5 N–H and O–H groups in total. The van der Waals surface area contributed by atoms with E-state index in [4.69, 9.17) is 14.2 Å². The van der Waals surface area contributed by atoms with E-state index in [1.165, 1.54) is 49.4 Å². The lowest BCUT2D eigenvalue weighted by Crippen LogP contribution is -2.31. The number of ether oxygens (including phenoxy) is 3. The van der Waals surface area contributed by atoms with Crippen LogP contribution in [-0.4, -0.2) is 143 Å². The van der Waals surface area contributed by atoms with Crippen LogP contribution in [0, 0.1) is 17.8 Å². The van der Waals surface area contributed by atoms with Crippen molar-refractivity contribution in [3.8, 4) is 22.3 Å².